The van der Waals surface area contributed by atoms with Gasteiger partial charge in [0, 0.05) is 6.04 Å². The molecule has 0 aromatic rings. The minimum Gasteiger partial charge on any atom is -0.393 e. The maximum absolute atomic E-state index is 12.3. The summed E-state index contributed by atoms with van der Waals surface area (Å²) in [4.78, 5) is 12.6. The lowest BCUT2D eigenvalue weighted by atomic mass is 9.82. The highest BCUT2D eigenvalue weighted by Gasteiger charge is 2.30. The summed E-state index contributed by atoms with van der Waals surface area (Å²) in [6.07, 6.45) is 5.94. The number of carbonyl (C=O) groups is 1. The highest BCUT2D eigenvalue weighted by molar-refractivity contribution is 7.80. The second kappa shape index (κ2) is 7.07. The van der Waals surface area contributed by atoms with E-state index in [0.29, 0.717) is 16.9 Å². The first kappa shape index (κ1) is 15.4. The fourth-order valence-corrected chi connectivity index (χ4v) is 3.30. The molecule has 1 aliphatic carbocycles. The molecule has 3 unspecified atom stereocenters. The first-order valence-electron chi connectivity index (χ1n) is 7.07. The first-order valence-corrected chi connectivity index (χ1v) is 7.47. The molecule has 3 N–H and O–H groups in total. The Bertz CT molecular complexity index is 304. The van der Waals surface area contributed by atoms with Crippen LogP contribution in [0.3, 0.4) is 0 Å². The zero-order valence-electron chi connectivity index (χ0n) is 11.7. The normalized spacial score (nSPS) is 25.8. The van der Waals surface area contributed by atoms with Gasteiger partial charge in [-0.25, -0.2) is 0 Å². The van der Waals surface area contributed by atoms with Gasteiger partial charge in [0.15, 0.2) is 0 Å². The van der Waals surface area contributed by atoms with Gasteiger partial charge in [-0.05, 0) is 24.7 Å². The molecule has 1 fully saturated rings. The third-order valence-corrected chi connectivity index (χ3v) is 4.27. The fraction of sp³-hybridized carbons (Fsp3) is 0.857. The maximum Gasteiger partial charge on any atom is 0.230 e. The topological polar surface area (TPSA) is 55.1 Å². The van der Waals surface area contributed by atoms with Gasteiger partial charge in [-0.1, -0.05) is 52.3 Å². The average molecular weight is 270 g/mol. The van der Waals surface area contributed by atoms with Crippen LogP contribution in [0, 0.1) is 17.8 Å². The van der Waals surface area contributed by atoms with Crippen LogP contribution >= 0.6 is 12.2 Å². The zero-order chi connectivity index (χ0) is 13.7. The minimum atomic E-state index is -0.334. The van der Waals surface area contributed by atoms with Crippen LogP contribution in [-0.4, -0.2) is 16.9 Å². The van der Waals surface area contributed by atoms with Gasteiger partial charge in [-0.15, -0.1) is 0 Å². The largest absolute Gasteiger partial charge is 0.393 e. The Balaban J connectivity index is 2.64. The number of hydrogen-bond acceptors (Lipinski definition) is 2. The van der Waals surface area contributed by atoms with Gasteiger partial charge in [0.05, 0.1) is 10.9 Å². The molecule has 0 radical (unpaired) electrons. The van der Waals surface area contributed by atoms with E-state index in [9.17, 15) is 4.79 Å². The Morgan fingerprint density at radius 2 is 2.00 bits per heavy atom. The van der Waals surface area contributed by atoms with Crippen molar-refractivity contribution in [2.75, 3.05) is 0 Å². The lowest BCUT2D eigenvalue weighted by molar-refractivity contribution is -0.125. The molecule has 104 valence electrons. The third kappa shape index (κ3) is 3.94. The lowest BCUT2D eigenvalue weighted by Crippen LogP contribution is -2.48. The quantitative estimate of drug-likeness (QED) is 0.755. The van der Waals surface area contributed by atoms with E-state index in [1.165, 1.54) is 19.3 Å². The molecule has 0 aromatic carbocycles. The molecule has 1 amide bonds. The number of nitrogens with one attached hydrogen (secondary N) is 1. The average Bonchev–Trinajstić information content (AvgIpc) is 2.28. The van der Waals surface area contributed by atoms with Crippen LogP contribution in [0.5, 0.6) is 0 Å². The van der Waals surface area contributed by atoms with Crippen molar-refractivity contribution in [3.8, 4) is 0 Å². The van der Waals surface area contributed by atoms with Crippen molar-refractivity contribution in [2.45, 2.75) is 58.9 Å². The van der Waals surface area contributed by atoms with Gasteiger partial charge in [0.25, 0.3) is 0 Å². The van der Waals surface area contributed by atoms with Gasteiger partial charge in [0.1, 0.15) is 0 Å². The lowest BCUT2D eigenvalue weighted by Gasteiger charge is -2.33. The Morgan fingerprint density at radius 3 is 2.50 bits per heavy atom. The molecule has 18 heavy (non-hydrogen) atoms. The van der Waals surface area contributed by atoms with E-state index in [2.05, 4.69) is 12.2 Å². The molecule has 0 saturated heterocycles. The van der Waals surface area contributed by atoms with E-state index in [0.717, 1.165) is 12.8 Å². The number of amides is 1. The van der Waals surface area contributed by atoms with E-state index in [4.69, 9.17) is 18.0 Å². The Morgan fingerprint density at radius 1 is 1.39 bits per heavy atom. The highest BCUT2D eigenvalue weighted by atomic mass is 32.1. The van der Waals surface area contributed by atoms with Crippen molar-refractivity contribution in [1.29, 1.82) is 0 Å². The van der Waals surface area contributed by atoms with E-state index < -0.39 is 0 Å². The van der Waals surface area contributed by atoms with E-state index >= 15 is 0 Å². The van der Waals surface area contributed by atoms with Crippen molar-refractivity contribution < 1.29 is 4.79 Å². The van der Waals surface area contributed by atoms with Crippen LogP contribution in [0.2, 0.25) is 0 Å². The number of rotatable bonds is 5. The van der Waals surface area contributed by atoms with Crippen molar-refractivity contribution in [1.82, 2.24) is 5.32 Å². The van der Waals surface area contributed by atoms with Gasteiger partial charge < -0.3 is 11.1 Å². The summed E-state index contributed by atoms with van der Waals surface area (Å²) in [7, 11) is 0. The second-order valence-electron chi connectivity index (χ2n) is 5.69. The van der Waals surface area contributed by atoms with Crippen LogP contribution < -0.4 is 11.1 Å². The van der Waals surface area contributed by atoms with Crippen LogP contribution in [-0.2, 0) is 4.79 Å². The SMILES string of the molecule is CCC1CCCCC1NC(=O)C(C(N)=S)C(C)C. The van der Waals surface area contributed by atoms with Crippen molar-refractivity contribution in [3.05, 3.63) is 0 Å². The van der Waals surface area contributed by atoms with Gasteiger partial charge in [0.2, 0.25) is 5.91 Å². The second-order valence-corrected chi connectivity index (χ2v) is 6.16. The smallest absolute Gasteiger partial charge is 0.230 e. The fourth-order valence-electron chi connectivity index (χ4n) is 2.92. The molecule has 1 saturated carbocycles. The summed E-state index contributed by atoms with van der Waals surface area (Å²) in [6, 6.07) is 0.312. The molecule has 0 spiro atoms. The predicted octanol–water partition coefficient (Wildman–Crippen LogP) is 2.63. The van der Waals surface area contributed by atoms with Gasteiger partial charge in [-0.2, -0.15) is 0 Å². The predicted molar refractivity (Wildman–Crippen MR) is 79.3 cm³/mol. The monoisotopic (exact) mass is 270 g/mol. The van der Waals surface area contributed by atoms with E-state index in [1.807, 2.05) is 13.8 Å². The van der Waals surface area contributed by atoms with Gasteiger partial charge in [-0.3, -0.25) is 4.79 Å². The first-order chi connectivity index (χ1) is 8.47. The summed E-state index contributed by atoms with van der Waals surface area (Å²) < 4.78 is 0. The van der Waals surface area contributed by atoms with Crippen molar-refractivity contribution in [3.63, 3.8) is 0 Å². The number of nitrogens with two attached hydrogens (primary N) is 1. The van der Waals surface area contributed by atoms with Gasteiger partial charge >= 0.3 is 0 Å². The molecule has 1 aliphatic rings. The third-order valence-electron chi connectivity index (χ3n) is 4.02. The number of hydrogen-bond donors (Lipinski definition) is 2. The number of carbonyl (C=O) groups excluding carboxylic acids is 1. The standard InChI is InChI=1S/C14H26N2OS/c1-4-10-7-5-6-8-11(10)16-14(17)12(9(2)3)13(15)18/h9-12H,4-8H2,1-3H3,(H2,15,18)(H,16,17). The molecule has 0 bridgehead atoms. The minimum absolute atomic E-state index is 0.0165. The highest BCUT2D eigenvalue weighted by Crippen LogP contribution is 2.27. The molecule has 3 atom stereocenters. The number of thiocarbonyl (C=S) groups is 1. The molecule has 4 heteroatoms. The summed E-state index contributed by atoms with van der Waals surface area (Å²) in [5.74, 6) is 0.454. The summed E-state index contributed by atoms with van der Waals surface area (Å²) >= 11 is 5.01. The molecular weight excluding hydrogens is 244 g/mol. The van der Waals surface area contributed by atoms with Crippen molar-refractivity contribution >= 4 is 23.1 Å². The van der Waals surface area contributed by atoms with Crippen LogP contribution in [0.25, 0.3) is 0 Å². The summed E-state index contributed by atoms with van der Waals surface area (Å²) in [5.41, 5.74) is 5.68. The Hall–Kier alpha value is -0.640. The molecule has 3 nitrogen and oxygen atoms in total. The van der Waals surface area contributed by atoms with Crippen LogP contribution in [0.15, 0.2) is 0 Å². The molecule has 0 heterocycles. The van der Waals surface area contributed by atoms with Crippen molar-refractivity contribution in [2.24, 2.45) is 23.5 Å². The summed E-state index contributed by atoms with van der Waals surface area (Å²) in [6.45, 7) is 6.17. The Labute approximate surface area is 116 Å². The summed E-state index contributed by atoms with van der Waals surface area (Å²) in [5, 5.41) is 3.18. The van der Waals surface area contributed by atoms with Crippen LogP contribution in [0.1, 0.15) is 52.9 Å². The maximum atomic E-state index is 12.3. The molecule has 0 aliphatic heterocycles. The Kier molecular flexibility index (Phi) is 6.06. The van der Waals surface area contributed by atoms with E-state index in [-0.39, 0.29) is 17.7 Å². The molecule has 1 rings (SSSR count). The molecule has 0 aromatic heterocycles. The molecular formula is C14H26N2OS. The van der Waals surface area contributed by atoms with Crippen LogP contribution in [0.4, 0.5) is 0 Å². The van der Waals surface area contributed by atoms with E-state index in [1.54, 1.807) is 0 Å². The zero-order valence-corrected chi connectivity index (χ0v) is 12.6.